The lowest BCUT2D eigenvalue weighted by Crippen LogP contribution is -2.17. The molecule has 5 nitrogen and oxygen atoms in total. The van der Waals surface area contributed by atoms with E-state index in [0.29, 0.717) is 13.2 Å². The van der Waals surface area contributed by atoms with Crippen LogP contribution in [0.2, 0.25) is 0 Å². The fraction of sp³-hybridized carbons (Fsp3) is 0.350. The summed E-state index contributed by atoms with van der Waals surface area (Å²) in [5.41, 5.74) is 0.717. The quantitative estimate of drug-likeness (QED) is 0.796. The van der Waals surface area contributed by atoms with E-state index < -0.39 is 0 Å². The number of carbonyl (C=O) groups excluding carboxylic acids is 1. The summed E-state index contributed by atoms with van der Waals surface area (Å²) < 4.78 is 16.8. The Hall–Kier alpha value is -2.53. The lowest BCUT2D eigenvalue weighted by atomic mass is 10.2. The number of benzene rings is 2. The van der Waals surface area contributed by atoms with Crippen LogP contribution < -0.4 is 14.8 Å². The van der Waals surface area contributed by atoms with Crippen LogP contribution in [0.25, 0.3) is 0 Å². The summed E-state index contributed by atoms with van der Waals surface area (Å²) in [6.07, 6.45) is 2.59. The largest absolute Gasteiger partial charge is 0.493 e. The molecule has 0 saturated carbocycles. The topological polar surface area (TPSA) is 56.8 Å². The van der Waals surface area contributed by atoms with Crippen molar-refractivity contribution in [3.8, 4) is 11.5 Å². The molecular weight excluding hydrogens is 318 g/mol. The first-order chi connectivity index (χ1) is 12.3. The van der Waals surface area contributed by atoms with E-state index in [1.54, 1.807) is 0 Å². The molecule has 1 unspecified atom stereocenters. The van der Waals surface area contributed by atoms with E-state index in [0.717, 1.165) is 36.6 Å². The third kappa shape index (κ3) is 5.80. The van der Waals surface area contributed by atoms with Gasteiger partial charge in [0.2, 0.25) is 5.91 Å². The fourth-order valence-corrected chi connectivity index (χ4v) is 2.63. The number of rotatable bonds is 8. The van der Waals surface area contributed by atoms with E-state index in [4.69, 9.17) is 14.2 Å². The molecule has 5 heteroatoms. The maximum absolute atomic E-state index is 12.0. The summed E-state index contributed by atoms with van der Waals surface area (Å²) in [7, 11) is 0. The molecule has 1 aliphatic rings. The number of amides is 1. The third-order valence-corrected chi connectivity index (χ3v) is 3.92. The first-order valence-electron chi connectivity index (χ1n) is 8.62. The first kappa shape index (κ1) is 17.3. The van der Waals surface area contributed by atoms with E-state index in [9.17, 15) is 4.79 Å². The normalized spacial score (nSPS) is 16.4. The second kappa shape index (κ2) is 9.08. The van der Waals surface area contributed by atoms with Crippen molar-refractivity contribution in [1.82, 2.24) is 0 Å². The van der Waals surface area contributed by atoms with Crippen molar-refractivity contribution in [1.29, 1.82) is 0 Å². The molecule has 0 aromatic heterocycles. The van der Waals surface area contributed by atoms with Crippen LogP contribution >= 0.6 is 0 Å². The minimum absolute atomic E-state index is 0.0905. The van der Waals surface area contributed by atoms with Crippen molar-refractivity contribution in [2.24, 2.45) is 0 Å². The minimum atomic E-state index is -0.0905. The molecule has 1 amide bonds. The van der Waals surface area contributed by atoms with Gasteiger partial charge in [-0.15, -0.1) is 0 Å². The summed E-state index contributed by atoms with van der Waals surface area (Å²) >= 11 is 0. The van der Waals surface area contributed by atoms with Crippen LogP contribution in [0.3, 0.4) is 0 Å². The predicted octanol–water partition coefficient (Wildman–Crippen LogP) is 3.65. The molecule has 2 aromatic carbocycles. The van der Waals surface area contributed by atoms with Gasteiger partial charge in [-0.2, -0.15) is 0 Å². The van der Waals surface area contributed by atoms with Crippen molar-refractivity contribution in [3.05, 3.63) is 54.6 Å². The molecule has 1 fully saturated rings. The molecule has 0 bridgehead atoms. The molecule has 1 aliphatic heterocycles. The van der Waals surface area contributed by atoms with Crippen molar-refractivity contribution < 1.29 is 19.0 Å². The van der Waals surface area contributed by atoms with Gasteiger partial charge in [0.15, 0.2) is 0 Å². The van der Waals surface area contributed by atoms with Crippen LogP contribution in [-0.4, -0.2) is 31.8 Å². The molecule has 1 atom stereocenters. The van der Waals surface area contributed by atoms with Gasteiger partial charge >= 0.3 is 0 Å². The second-order valence-electron chi connectivity index (χ2n) is 5.93. The van der Waals surface area contributed by atoms with Crippen LogP contribution in [0, 0.1) is 0 Å². The summed E-state index contributed by atoms with van der Waals surface area (Å²) in [6.45, 7) is 1.70. The lowest BCUT2D eigenvalue weighted by molar-refractivity contribution is -0.116. The number of para-hydroxylation sites is 1. The number of hydrogen-bond acceptors (Lipinski definition) is 4. The van der Waals surface area contributed by atoms with Crippen LogP contribution in [0.5, 0.6) is 11.5 Å². The Morgan fingerprint density at radius 3 is 2.72 bits per heavy atom. The van der Waals surface area contributed by atoms with Gasteiger partial charge in [-0.05, 0) is 37.1 Å². The Labute approximate surface area is 147 Å². The Bertz CT molecular complexity index is 668. The lowest BCUT2D eigenvalue weighted by Gasteiger charge is -2.12. The molecule has 1 N–H and O–H groups in total. The third-order valence-electron chi connectivity index (χ3n) is 3.92. The Morgan fingerprint density at radius 2 is 1.92 bits per heavy atom. The van der Waals surface area contributed by atoms with Gasteiger partial charge in [0.1, 0.15) is 18.1 Å². The molecule has 0 radical (unpaired) electrons. The van der Waals surface area contributed by atoms with Crippen molar-refractivity contribution in [2.45, 2.75) is 25.4 Å². The van der Waals surface area contributed by atoms with E-state index >= 15 is 0 Å². The van der Waals surface area contributed by atoms with E-state index in [1.165, 1.54) is 0 Å². The Morgan fingerprint density at radius 1 is 1.08 bits per heavy atom. The van der Waals surface area contributed by atoms with Gasteiger partial charge in [-0.3, -0.25) is 4.79 Å². The first-order valence-corrected chi connectivity index (χ1v) is 8.62. The zero-order valence-corrected chi connectivity index (χ0v) is 14.1. The average molecular weight is 341 g/mol. The molecule has 1 heterocycles. The zero-order chi connectivity index (χ0) is 17.3. The van der Waals surface area contributed by atoms with Crippen molar-refractivity contribution >= 4 is 11.6 Å². The average Bonchev–Trinajstić information content (AvgIpc) is 3.15. The van der Waals surface area contributed by atoms with E-state index in [-0.39, 0.29) is 18.4 Å². The Balaban J connectivity index is 1.42. The molecule has 1 saturated heterocycles. The van der Waals surface area contributed by atoms with Gasteiger partial charge in [0, 0.05) is 18.4 Å². The smallest absolute Gasteiger partial charge is 0.227 e. The minimum Gasteiger partial charge on any atom is -0.493 e. The van der Waals surface area contributed by atoms with Crippen LogP contribution in [0.15, 0.2) is 54.6 Å². The van der Waals surface area contributed by atoms with Gasteiger partial charge in [-0.1, -0.05) is 24.3 Å². The van der Waals surface area contributed by atoms with Crippen LogP contribution in [-0.2, 0) is 9.53 Å². The summed E-state index contributed by atoms with van der Waals surface area (Å²) in [5, 5.41) is 2.87. The number of hydrogen-bond donors (Lipinski definition) is 1. The molecule has 3 rings (SSSR count). The number of anilines is 1. The molecule has 2 aromatic rings. The molecule has 0 spiro atoms. The highest BCUT2D eigenvalue weighted by atomic mass is 16.5. The predicted molar refractivity (Wildman–Crippen MR) is 96.1 cm³/mol. The Kier molecular flexibility index (Phi) is 6.29. The van der Waals surface area contributed by atoms with E-state index in [2.05, 4.69) is 5.32 Å². The highest BCUT2D eigenvalue weighted by molar-refractivity contribution is 5.90. The van der Waals surface area contributed by atoms with Crippen molar-refractivity contribution in [2.75, 3.05) is 25.1 Å². The summed E-state index contributed by atoms with van der Waals surface area (Å²) in [6, 6.07) is 16.9. The highest BCUT2D eigenvalue weighted by Gasteiger charge is 2.16. The number of nitrogens with one attached hydrogen (secondary N) is 1. The fourth-order valence-electron chi connectivity index (χ4n) is 2.63. The van der Waals surface area contributed by atoms with Gasteiger partial charge in [0.05, 0.1) is 19.1 Å². The van der Waals surface area contributed by atoms with Crippen LogP contribution in [0.1, 0.15) is 19.3 Å². The van der Waals surface area contributed by atoms with Gasteiger partial charge in [0.25, 0.3) is 0 Å². The standard InChI is InChI=1S/C20H23NO4/c22-20(11-13-24-17-7-2-1-3-8-17)21-16-6-4-9-18(14-16)25-15-19-10-5-12-23-19/h1-4,6-9,14,19H,5,10-13,15H2,(H,21,22). The van der Waals surface area contributed by atoms with E-state index in [1.807, 2.05) is 54.6 Å². The number of carbonyl (C=O) groups is 1. The van der Waals surface area contributed by atoms with Gasteiger partial charge < -0.3 is 19.5 Å². The molecule has 132 valence electrons. The molecule has 25 heavy (non-hydrogen) atoms. The second-order valence-corrected chi connectivity index (χ2v) is 5.93. The van der Waals surface area contributed by atoms with Crippen LogP contribution in [0.4, 0.5) is 5.69 Å². The highest BCUT2D eigenvalue weighted by Crippen LogP contribution is 2.20. The summed E-state index contributed by atoms with van der Waals surface area (Å²) in [5.74, 6) is 1.40. The SMILES string of the molecule is O=C(CCOc1ccccc1)Nc1cccc(OCC2CCCO2)c1. The molecule has 0 aliphatic carbocycles. The van der Waals surface area contributed by atoms with Gasteiger partial charge in [-0.25, -0.2) is 0 Å². The zero-order valence-electron chi connectivity index (χ0n) is 14.1. The molecular formula is C20H23NO4. The number of ether oxygens (including phenoxy) is 3. The monoisotopic (exact) mass is 341 g/mol. The maximum atomic E-state index is 12.0. The summed E-state index contributed by atoms with van der Waals surface area (Å²) in [4.78, 5) is 12.0. The maximum Gasteiger partial charge on any atom is 0.227 e. The van der Waals surface area contributed by atoms with Crippen molar-refractivity contribution in [3.63, 3.8) is 0 Å².